The van der Waals surface area contributed by atoms with Gasteiger partial charge in [-0.2, -0.15) is 0 Å². The highest BCUT2D eigenvalue weighted by atomic mass is 28.3. The fraction of sp³-hybridized carbons (Fsp3) is 0.200. The summed E-state index contributed by atoms with van der Waals surface area (Å²) in [6.07, 6.45) is 6.21. The Morgan fingerprint density at radius 2 is 0.938 bits per heavy atom. The first-order valence-electron chi connectivity index (χ1n) is 5.29. The molecule has 0 N–H and O–H groups in total. The molecule has 0 bridgehead atoms. The maximum absolute atomic E-state index is 3.86. The quantitative estimate of drug-likeness (QED) is 0.465. The van der Waals surface area contributed by atoms with Crippen LogP contribution < -0.4 is 0 Å². The van der Waals surface area contributed by atoms with E-state index in [0.717, 1.165) is 16.7 Å². The highest BCUT2D eigenvalue weighted by Gasteiger charge is 1.97. The van der Waals surface area contributed by atoms with E-state index in [1.807, 2.05) is 20.8 Å². The lowest BCUT2D eigenvalue weighted by atomic mass is 10.4. The summed E-state index contributed by atoms with van der Waals surface area (Å²) in [5.74, 6) is 0. The van der Waals surface area contributed by atoms with Crippen LogP contribution in [0, 0.1) is 0 Å². The molecule has 0 aromatic rings. The molecule has 0 amide bonds. The van der Waals surface area contributed by atoms with E-state index < -0.39 is 8.80 Å². The molecule has 0 rings (SSSR count). The van der Waals surface area contributed by atoms with Crippen molar-refractivity contribution in [2.45, 2.75) is 20.8 Å². The minimum absolute atomic E-state index is 0.754. The molecule has 0 aromatic carbocycles. The minimum atomic E-state index is -0.754. The second-order valence-electron chi connectivity index (χ2n) is 4.04. The average Bonchev–Trinajstić information content (AvgIpc) is 2.15. The number of hydrogen-bond acceptors (Lipinski definition) is 0. The molecule has 1 radical (unpaired) electrons. The van der Waals surface area contributed by atoms with E-state index in [0.29, 0.717) is 0 Å². The van der Waals surface area contributed by atoms with Crippen LogP contribution in [0.1, 0.15) is 20.8 Å². The molecule has 0 aliphatic heterocycles. The van der Waals surface area contributed by atoms with Gasteiger partial charge in [-0.15, -0.1) is 0 Å². The summed E-state index contributed by atoms with van der Waals surface area (Å²) in [6.45, 7) is 17.6. The first-order valence-corrected chi connectivity index (χ1v) is 7.02. The van der Waals surface area contributed by atoms with Crippen molar-refractivity contribution < 1.29 is 0 Å². The second kappa shape index (κ2) is 7.89. The second-order valence-corrected chi connectivity index (χ2v) is 6.04. The van der Waals surface area contributed by atoms with Crippen molar-refractivity contribution in [3.05, 3.63) is 71.8 Å². The maximum atomic E-state index is 3.86. The van der Waals surface area contributed by atoms with E-state index in [2.05, 4.69) is 55.1 Å². The lowest BCUT2D eigenvalue weighted by Crippen LogP contribution is -2.01. The van der Waals surface area contributed by atoms with Crippen molar-refractivity contribution in [1.29, 1.82) is 0 Å². The smallest absolute Gasteiger partial charge is 0.0961 e. The van der Waals surface area contributed by atoms with Gasteiger partial charge in [0.05, 0.1) is 0 Å². The highest BCUT2D eigenvalue weighted by molar-refractivity contribution is 6.74. The van der Waals surface area contributed by atoms with Crippen LogP contribution in [0.2, 0.25) is 0 Å². The van der Waals surface area contributed by atoms with Gasteiger partial charge in [-0.05, 0) is 20.8 Å². The molecule has 0 saturated heterocycles. The molecule has 1 heteroatoms. The summed E-state index contributed by atoms with van der Waals surface area (Å²) in [7, 11) is -0.754. The Kier molecular flexibility index (Phi) is 7.22. The van der Waals surface area contributed by atoms with Gasteiger partial charge < -0.3 is 0 Å². The van der Waals surface area contributed by atoms with Gasteiger partial charge in [0.1, 0.15) is 8.80 Å². The van der Waals surface area contributed by atoms with Crippen molar-refractivity contribution in [2.24, 2.45) is 0 Å². The van der Waals surface area contributed by atoms with Gasteiger partial charge in [0.15, 0.2) is 0 Å². The van der Waals surface area contributed by atoms with Gasteiger partial charge >= 0.3 is 0 Å². The first kappa shape index (κ1) is 14.7. The van der Waals surface area contributed by atoms with E-state index in [1.54, 1.807) is 0 Å². The number of allylic oxidation sites excluding steroid dienone is 6. The van der Waals surface area contributed by atoms with Crippen LogP contribution in [0.5, 0.6) is 0 Å². The average molecular weight is 229 g/mol. The maximum Gasteiger partial charge on any atom is 0.131 e. The van der Waals surface area contributed by atoms with E-state index >= 15 is 0 Å². The van der Waals surface area contributed by atoms with Gasteiger partial charge in [-0.3, -0.25) is 0 Å². The van der Waals surface area contributed by atoms with E-state index in [9.17, 15) is 0 Å². The third kappa shape index (κ3) is 9.22. The van der Waals surface area contributed by atoms with E-state index in [-0.39, 0.29) is 0 Å². The third-order valence-corrected chi connectivity index (χ3v) is 3.34. The standard InChI is InChI=1S/C15H21Si/c1-13(2)7-10-16(11-8-14(3)4)12-9-15(5)6/h7-12H,1,3,5H2,2,4,6H3. The van der Waals surface area contributed by atoms with Crippen LogP contribution in [0.4, 0.5) is 0 Å². The normalized spacial score (nSPS) is 12.0. The van der Waals surface area contributed by atoms with Crippen molar-refractivity contribution in [3.63, 3.8) is 0 Å². The Morgan fingerprint density at radius 1 is 0.688 bits per heavy atom. The van der Waals surface area contributed by atoms with Crippen LogP contribution in [0.3, 0.4) is 0 Å². The summed E-state index contributed by atoms with van der Waals surface area (Å²) in [6, 6.07) is 0. The van der Waals surface area contributed by atoms with Gasteiger partial charge in [0.25, 0.3) is 0 Å². The fourth-order valence-electron chi connectivity index (χ4n) is 0.882. The molecule has 0 aliphatic carbocycles. The van der Waals surface area contributed by atoms with Gasteiger partial charge in [0.2, 0.25) is 0 Å². The first-order chi connectivity index (χ1) is 7.41. The van der Waals surface area contributed by atoms with E-state index in [1.165, 1.54) is 0 Å². The Morgan fingerprint density at radius 3 is 1.12 bits per heavy atom. The molecule has 0 spiro atoms. The Hall–Kier alpha value is -1.34. The molecule has 0 unspecified atom stereocenters. The van der Waals surface area contributed by atoms with Crippen LogP contribution in [-0.2, 0) is 0 Å². The Bertz CT molecular complexity index is 297. The molecule has 0 heterocycles. The summed E-state index contributed by atoms with van der Waals surface area (Å²) in [5, 5.41) is 0. The lowest BCUT2D eigenvalue weighted by Gasteiger charge is -1.98. The molecule has 0 aromatic heterocycles. The SMILES string of the molecule is C=C(C)C=C[Si](C=CC(=C)C)C=CC(=C)C. The molecular formula is C15H21Si. The van der Waals surface area contributed by atoms with Crippen molar-refractivity contribution in [3.8, 4) is 0 Å². The zero-order valence-electron chi connectivity index (χ0n) is 10.6. The van der Waals surface area contributed by atoms with Crippen molar-refractivity contribution >= 4 is 8.80 Å². The molecule has 85 valence electrons. The van der Waals surface area contributed by atoms with Crippen LogP contribution >= 0.6 is 0 Å². The van der Waals surface area contributed by atoms with Gasteiger partial charge in [-0.1, -0.05) is 71.8 Å². The molecule has 16 heavy (non-hydrogen) atoms. The molecule has 0 atom stereocenters. The lowest BCUT2D eigenvalue weighted by molar-refractivity contribution is 1.56. The van der Waals surface area contributed by atoms with Gasteiger partial charge in [-0.25, -0.2) is 0 Å². The monoisotopic (exact) mass is 229 g/mol. The third-order valence-electron chi connectivity index (χ3n) is 1.68. The molecule has 0 saturated carbocycles. The zero-order valence-corrected chi connectivity index (χ0v) is 11.6. The van der Waals surface area contributed by atoms with Crippen LogP contribution in [-0.4, -0.2) is 8.80 Å². The van der Waals surface area contributed by atoms with Crippen LogP contribution in [0.25, 0.3) is 0 Å². The number of hydrogen-bond donors (Lipinski definition) is 0. The summed E-state index contributed by atoms with van der Waals surface area (Å²) in [5.41, 5.74) is 9.88. The molecule has 0 nitrogen and oxygen atoms in total. The van der Waals surface area contributed by atoms with E-state index in [4.69, 9.17) is 0 Å². The summed E-state index contributed by atoms with van der Waals surface area (Å²) in [4.78, 5) is 0. The fourth-order valence-corrected chi connectivity index (χ4v) is 2.65. The van der Waals surface area contributed by atoms with Crippen molar-refractivity contribution in [2.75, 3.05) is 0 Å². The number of rotatable bonds is 6. The van der Waals surface area contributed by atoms with Crippen molar-refractivity contribution in [1.82, 2.24) is 0 Å². The van der Waals surface area contributed by atoms with Gasteiger partial charge in [0, 0.05) is 0 Å². The molecular weight excluding hydrogens is 208 g/mol. The molecule has 0 fully saturated rings. The minimum Gasteiger partial charge on any atom is -0.0961 e. The Labute approximate surface area is 102 Å². The Balaban J connectivity index is 4.69. The predicted octanol–water partition coefficient (Wildman–Crippen LogP) is 4.50. The summed E-state index contributed by atoms with van der Waals surface area (Å²) < 4.78 is 0. The topological polar surface area (TPSA) is 0 Å². The molecule has 0 aliphatic rings. The largest absolute Gasteiger partial charge is 0.131 e. The highest BCUT2D eigenvalue weighted by Crippen LogP contribution is 2.01. The summed E-state index contributed by atoms with van der Waals surface area (Å²) >= 11 is 0. The predicted molar refractivity (Wildman–Crippen MR) is 77.6 cm³/mol. The van der Waals surface area contributed by atoms with Crippen LogP contribution in [0.15, 0.2) is 71.8 Å². The zero-order chi connectivity index (χ0) is 12.6.